The van der Waals surface area contributed by atoms with Gasteiger partial charge in [-0.3, -0.25) is 0 Å². The van der Waals surface area contributed by atoms with E-state index in [1.54, 1.807) is 0 Å². The second-order valence-corrected chi connectivity index (χ2v) is 5.97. The molecule has 0 aliphatic carbocycles. The Balaban J connectivity index is 1.77. The van der Waals surface area contributed by atoms with Crippen LogP contribution in [0.2, 0.25) is 0 Å². The Bertz CT molecular complexity index is 297. The van der Waals surface area contributed by atoms with Crippen LogP contribution >= 0.6 is 0 Å². The number of hydrogen-bond donors (Lipinski definition) is 0. The summed E-state index contributed by atoms with van der Waals surface area (Å²) in [5, 5.41) is 0. The molecule has 0 saturated carbocycles. The van der Waals surface area contributed by atoms with Crippen molar-refractivity contribution in [2.24, 2.45) is 0 Å². The van der Waals surface area contributed by atoms with Crippen molar-refractivity contribution in [1.82, 2.24) is 4.31 Å². The molecule has 0 amide bonds. The molecule has 2 rings (SSSR count). The molecule has 15 heavy (non-hydrogen) atoms. The molecule has 0 N–H and O–H groups in total. The highest BCUT2D eigenvalue weighted by Gasteiger charge is 2.28. The predicted octanol–water partition coefficient (Wildman–Crippen LogP) is 0.175. The second kappa shape index (κ2) is 4.78. The lowest BCUT2D eigenvalue weighted by Gasteiger charge is -2.24. The minimum atomic E-state index is -2.97. The molecule has 2 fully saturated rings. The first-order valence-electron chi connectivity index (χ1n) is 5.39. The SMILES string of the molecule is O=S1(=O)CCCN1CCC1OCCCO1. The van der Waals surface area contributed by atoms with Gasteiger partial charge in [0.1, 0.15) is 0 Å². The molecule has 0 aromatic rings. The quantitative estimate of drug-likeness (QED) is 0.700. The zero-order chi connectivity index (χ0) is 10.7. The summed E-state index contributed by atoms with van der Waals surface area (Å²) < 4.78 is 35.2. The standard InChI is InChI=1S/C9H17NO4S/c11-15(12)8-1-4-10(15)5-3-9-13-6-2-7-14-9/h9H,1-8H2. The Labute approximate surface area is 90.4 Å². The summed E-state index contributed by atoms with van der Waals surface area (Å²) in [4.78, 5) is 0. The van der Waals surface area contributed by atoms with Gasteiger partial charge in [0.15, 0.2) is 6.29 Å². The Morgan fingerprint density at radius 3 is 2.53 bits per heavy atom. The number of hydrogen-bond acceptors (Lipinski definition) is 4. The van der Waals surface area contributed by atoms with E-state index in [-0.39, 0.29) is 6.29 Å². The molecular weight excluding hydrogens is 218 g/mol. The molecule has 2 aliphatic heterocycles. The van der Waals surface area contributed by atoms with Gasteiger partial charge in [0.2, 0.25) is 10.0 Å². The van der Waals surface area contributed by atoms with Gasteiger partial charge >= 0.3 is 0 Å². The molecule has 2 saturated heterocycles. The van der Waals surface area contributed by atoms with E-state index >= 15 is 0 Å². The van der Waals surface area contributed by atoms with Crippen molar-refractivity contribution in [1.29, 1.82) is 0 Å². The van der Waals surface area contributed by atoms with E-state index in [0.29, 0.717) is 25.3 Å². The Morgan fingerprint density at radius 2 is 1.93 bits per heavy atom. The lowest BCUT2D eigenvalue weighted by Crippen LogP contribution is -2.32. The van der Waals surface area contributed by atoms with Crippen LogP contribution < -0.4 is 0 Å². The van der Waals surface area contributed by atoms with Crippen LogP contribution in [-0.2, 0) is 19.5 Å². The van der Waals surface area contributed by atoms with Crippen LogP contribution in [0, 0.1) is 0 Å². The predicted molar refractivity (Wildman–Crippen MR) is 54.9 cm³/mol. The second-order valence-electron chi connectivity index (χ2n) is 3.88. The fourth-order valence-corrected chi connectivity index (χ4v) is 3.44. The molecule has 0 aromatic carbocycles. The van der Waals surface area contributed by atoms with E-state index in [1.807, 2.05) is 0 Å². The average Bonchev–Trinajstić information content (AvgIpc) is 2.56. The normalized spacial score (nSPS) is 28.3. The summed E-state index contributed by atoms with van der Waals surface area (Å²) in [5.41, 5.74) is 0. The van der Waals surface area contributed by atoms with Gasteiger partial charge in [-0.05, 0) is 12.8 Å². The van der Waals surface area contributed by atoms with Gasteiger partial charge in [-0.25, -0.2) is 12.7 Å². The monoisotopic (exact) mass is 235 g/mol. The summed E-state index contributed by atoms with van der Waals surface area (Å²) in [6.45, 7) is 2.61. The van der Waals surface area contributed by atoms with Crippen molar-refractivity contribution in [3.8, 4) is 0 Å². The maximum Gasteiger partial charge on any atom is 0.214 e. The highest BCUT2D eigenvalue weighted by atomic mass is 32.2. The van der Waals surface area contributed by atoms with Gasteiger partial charge in [-0.15, -0.1) is 0 Å². The third kappa shape index (κ3) is 2.90. The molecule has 0 atom stereocenters. The summed E-state index contributed by atoms with van der Waals surface area (Å²) in [6, 6.07) is 0. The van der Waals surface area contributed by atoms with Crippen molar-refractivity contribution >= 4 is 10.0 Å². The lowest BCUT2D eigenvalue weighted by molar-refractivity contribution is -0.181. The number of nitrogens with zero attached hydrogens (tertiary/aromatic N) is 1. The maximum atomic E-state index is 11.5. The molecule has 0 unspecified atom stereocenters. The minimum Gasteiger partial charge on any atom is -0.353 e. The van der Waals surface area contributed by atoms with E-state index in [4.69, 9.17) is 9.47 Å². The first-order chi connectivity index (χ1) is 7.18. The summed E-state index contributed by atoms with van der Waals surface area (Å²) in [6.07, 6.45) is 2.10. The van der Waals surface area contributed by atoms with E-state index in [0.717, 1.165) is 26.1 Å². The van der Waals surface area contributed by atoms with Gasteiger partial charge < -0.3 is 9.47 Å². The highest BCUT2D eigenvalue weighted by Crippen LogP contribution is 2.16. The van der Waals surface area contributed by atoms with Gasteiger partial charge in [0.25, 0.3) is 0 Å². The minimum absolute atomic E-state index is 0.213. The number of rotatable bonds is 3. The average molecular weight is 235 g/mol. The molecule has 0 spiro atoms. The van der Waals surface area contributed by atoms with Crippen LogP contribution in [-0.4, -0.2) is 51.1 Å². The summed E-state index contributed by atoms with van der Waals surface area (Å²) >= 11 is 0. The molecule has 0 bridgehead atoms. The van der Waals surface area contributed by atoms with Crippen LogP contribution in [0.4, 0.5) is 0 Å². The Kier molecular flexibility index (Phi) is 3.60. The smallest absolute Gasteiger partial charge is 0.214 e. The molecular formula is C9H17NO4S. The topological polar surface area (TPSA) is 55.8 Å². The Hall–Kier alpha value is -0.170. The van der Waals surface area contributed by atoms with E-state index in [2.05, 4.69) is 0 Å². The number of sulfonamides is 1. The summed E-state index contributed by atoms with van der Waals surface area (Å²) in [5.74, 6) is 0.291. The van der Waals surface area contributed by atoms with Gasteiger partial charge in [0.05, 0.1) is 19.0 Å². The third-order valence-corrected chi connectivity index (χ3v) is 4.67. The first kappa shape index (κ1) is 11.3. The zero-order valence-electron chi connectivity index (χ0n) is 8.72. The van der Waals surface area contributed by atoms with Crippen molar-refractivity contribution in [3.63, 3.8) is 0 Å². The zero-order valence-corrected chi connectivity index (χ0v) is 9.54. The molecule has 2 aliphatic rings. The van der Waals surface area contributed by atoms with Crippen LogP contribution in [0.5, 0.6) is 0 Å². The highest BCUT2D eigenvalue weighted by molar-refractivity contribution is 7.89. The molecule has 88 valence electrons. The van der Waals surface area contributed by atoms with Gasteiger partial charge in [0, 0.05) is 19.5 Å². The first-order valence-corrected chi connectivity index (χ1v) is 7.00. The molecule has 2 heterocycles. The van der Waals surface area contributed by atoms with Crippen molar-refractivity contribution in [2.45, 2.75) is 25.6 Å². The molecule has 5 nitrogen and oxygen atoms in total. The summed E-state index contributed by atoms with van der Waals surface area (Å²) in [7, 11) is -2.97. The van der Waals surface area contributed by atoms with Crippen LogP contribution in [0.15, 0.2) is 0 Å². The maximum absolute atomic E-state index is 11.5. The fourth-order valence-electron chi connectivity index (χ4n) is 1.90. The molecule has 0 radical (unpaired) electrons. The van der Waals surface area contributed by atoms with Crippen LogP contribution in [0.1, 0.15) is 19.3 Å². The van der Waals surface area contributed by atoms with Crippen molar-refractivity contribution < 1.29 is 17.9 Å². The van der Waals surface area contributed by atoms with Crippen molar-refractivity contribution in [2.75, 3.05) is 32.1 Å². The molecule has 6 heteroatoms. The fraction of sp³-hybridized carbons (Fsp3) is 1.00. The van der Waals surface area contributed by atoms with E-state index in [1.165, 1.54) is 4.31 Å². The van der Waals surface area contributed by atoms with Crippen LogP contribution in [0.3, 0.4) is 0 Å². The molecule has 0 aromatic heterocycles. The Morgan fingerprint density at radius 1 is 1.20 bits per heavy atom. The van der Waals surface area contributed by atoms with E-state index in [9.17, 15) is 8.42 Å². The number of ether oxygens (including phenoxy) is 2. The van der Waals surface area contributed by atoms with Gasteiger partial charge in [-0.1, -0.05) is 0 Å². The van der Waals surface area contributed by atoms with Crippen molar-refractivity contribution in [3.05, 3.63) is 0 Å². The lowest BCUT2D eigenvalue weighted by atomic mass is 10.3. The van der Waals surface area contributed by atoms with E-state index < -0.39 is 10.0 Å². The van der Waals surface area contributed by atoms with Crippen LogP contribution in [0.25, 0.3) is 0 Å². The largest absolute Gasteiger partial charge is 0.353 e. The third-order valence-electron chi connectivity index (χ3n) is 2.71. The van der Waals surface area contributed by atoms with Gasteiger partial charge in [-0.2, -0.15) is 0 Å².